The van der Waals surface area contributed by atoms with Crippen molar-refractivity contribution in [2.24, 2.45) is 16.6 Å². The topological polar surface area (TPSA) is 26.0 Å². The number of rotatable bonds is 1. The second kappa shape index (κ2) is 3.61. The Labute approximate surface area is 83.1 Å². The molecule has 0 amide bonds. The maximum atomic E-state index is 6.16. The number of hydrogen-bond donors (Lipinski definition) is 1. The maximum Gasteiger partial charge on any atom is 0.00490 e. The Hall–Kier alpha value is -0.0400. The first-order valence-electron chi connectivity index (χ1n) is 5.62. The molecule has 0 heterocycles. The summed E-state index contributed by atoms with van der Waals surface area (Å²) in [6.45, 7) is 9.40. The lowest BCUT2D eigenvalue weighted by molar-refractivity contribution is 0.243. The number of hydrogen-bond acceptors (Lipinski definition) is 1. The van der Waals surface area contributed by atoms with E-state index in [2.05, 4.69) is 27.7 Å². The smallest absolute Gasteiger partial charge is 0.00490 e. The van der Waals surface area contributed by atoms with Gasteiger partial charge < -0.3 is 5.73 Å². The third kappa shape index (κ3) is 2.98. The van der Waals surface area contributed by atoms with Crippen LogP contribution in [0.15, 0.2) is 0 Å². The van der Waals surface area contributed by atoms with Crippen molar-refractivity contribution < 1.29 is 0 Å². The first-order chi connectivity index (χ1) is 5.87. The van der Waals surface area contributed by atoms with Crippen molar-refractivity contribution in [2.75, 3.05) is 0 Å². The Morgan fingerprint density at radius 1 is 1.15 bits per heavy atom. The highest BCUT2D eigenvalue weighted by Gasteiger charge is 2.34. The van der Waals surface area contributed by atoms with Crippen molar-refractivity contribution in [3.8, 4) is 0 Å². The average Bonchev–Trinajstić information content (AvgIpc) is 2.09. The summed E-state index contributed by atoms with van der Waals surface area (Å²) in [6.07, 6.45) is 6.38. The lowest BCUT2D eigenvalue weighted by Crippen LogP contribution is -2.29. The van der Waals surface area contributed by atoms with Gasteiger partial charge in [0.15, 0.2) is 0 Å². The summed E-state index contributed by atoms with van der Waals surface area (Å²) in [6, 6.07) is 0.419. The molecule has 78 valence electrons. The molecule has 0 aromatic heterocycles. The Bertz CT molecular complexity index is 174. The van der Waals surface area contributed by atoms with Gasteiger partial charge in [-0.15, -0.1) is 0 Å². The van der Waals surface area contributed by atoms with Crippen molar-refractivity contribution in [2.45, 2.75) is 65.8 Å². The fourth-order valence-corrected chi connectivity index (χ4v) is 2.58. The van der Waals surface area contributed by atoms with Crippen molar-refractivity contribution in [1.82, 2.24) is 0 Å². The molecule has 0 aliphatic heterocycles. The van der Waals surface area contributed by atoms with Crippen molar-refractivity contribution >= 4 is 0 Å². The fraction of sp³-hybridized carbons (Fsp3) is 1.00. The van der Waals surface area contributed by atoms with Gasteiger partial charge in [-0.3, -0.25) is 0 Å². The second-order valence-corrected chi connectivity index (χ2v) is 6.00. The van der Waals surface area contributed by atoms with Crippen LogP contribution in [0.1, 0.15) is 59.8 Å². The molecule has 1 rings (SSSR count). The molecule has 1 saturated carbocycles. The lowest BCUT2D eigenvalue weighted by atomic mass is 9.78. The molecular weight excluding hydrogens is 158 g/mol. The molecule has 0 saturated heterocycles. The Kier molecular flexibility index (Phi) is 3.06. The van der Waals surface area contributed by atoms with E-state index in [-0.39, 0.29) is 0 Å². The van der Waals surface area contributed by atoms with Gasteiger partial charge in [-0.05, 0) is 36.5 Å². The molecule has 1 heteroatoms. The van der Waals surface area contributed by atoms with Gasteiger partial charge in [0.1, 0.15) is 0 Å². The molecule has 1 fully saturated rings. The predicted octanol–water partition coefficient (Wildman–Crippen LogP) is 3.33. The summed E-state index contributed by atoms with van der Waals surface area (Å²) in [5.41, 5.74) is 7.13. The molecule has 13 heavy (non-hydrogen) atoms. The highest BCUT2D eigenvalue weighted by atomic mass is 14.7. The highest BCUT2D eigenvalue weighted by molar-refractivity contribution is 4.88. The van der Waals surface area contributed by atoms with Crippen LogP contribution in [0.25, 0.3) is 0 Å². The lowest BCUT2D eigenvalue weighted by Gasteiger charge is -2.28. The van der Waals surface area contributed by atoms with E-state index in [1.807, 2.05) is 0 Å². The molecule has 0 radical (unpaired) electrons. The van der Waals surface area contributed by atoms with Gasteiger partial charge in [-0.2, -0.15) is 0 Å². The standard InChI is InChI=1S/C12H25N/c1-5-12(4)7-6-11(2,3)8-10(13)9-12/h10H,5-9,13H2,1-4H3. The molecule has 0 aromatic rings. The van der Waals surface area contributed by atoms with Gasteiger partial charge in [0.05, 0.1) is 0 Å². The van der Waals surface area contributed by atoms with Crippen molar-refractivity contribution in [1.29, 1.82) is 0 Å². The van der Waals surface area contributed by atoms with Crippen LogP contribution in [-0.2, 0) is 0 Å². The Morgan fingerprint density at radius 3 is 2.31 bits per heavy atom. The number of nitrogens with two attached hydrogens (primary N) is 1. The first kappa shape index (κ1) is 11.0. The summed E-state index contributed by atoms with van der Waals surface area (Å²) < 4.78 is 0. The van der Waals surface area contributed by atoms with E-state index in [0.29, 0.717) is 16.9 Å². The summed E-state index contributed by atoms with van der Waals surface area (Å²) >= 11 is 0. The molecule has 1 nitrogen and oxygen atoms in total. The fourth-order valence-electron chi connectivity index (χ4n) is 2.58. The average molecular weight is 183 g/mol. The first-order valence-corrected chi connectivity index (χ1v) is 5.62. The van der Waals surface area contributed by atoms with Crippen LogP contribution in [0.2, 0.25) is 0 Å². The summed E-state index contributed by atoms with van der Waals surface area (Å²) in [7, 11) is 0. The summed E-state index contributed by atoms with van der Waals surface area (Å²) in [5, 5.41) is 0. The highest BCUT2D eigenvalue weighted by Crippen LogP contribution is 2.43. The Morgan fingerprint density at radius 2 is 1.77 bits per heavy atom. The molecule has 1 aliphatic carbocycles. The normalized spacial score (nSPS) is 39.9. The monoisotopic (exact) mass is 183 g/mol. The largest absolute Gasteiger partial charge is 0.328 e. The van der Waals surface area contributed by atoms with Gasteiger partial charge in [0.2, 0.25) is 0 Å². The molecule has 0 bridgehead atoms. The van der Waals surface area contributed by atoms with E-state index in [4.69, 9.17) is 5.73 Å². The van der Waals surface area contributed by atoms with Crippen LogP contribution >= 0.6 is 0 Å². The SMILES string of the molecule is CCC1(C)CCC(C)(C)CC(N)C1. The minimum absolute atomic E-state index is 0.419. The van der Waals surface area contributed by atoms with Gasteiger partial charge >= 0.3 is 0 Å². The molecule has 2 atom stereocenters. The van der Waals surface area contributed by atoms with Gasteiger partial charge in [-0.1, -0.05) is 34.1 Å². The van der Waals surface area contributed by atoms with E-state index in [0.717, 1.165) is 0 Å². The van der Waals surface area contributed by atoms with Crippen LogP contribution in [0, 0.1) is 10.8 Å². The van der Waals surface area contributed by atoms with E-state index < -0.39 is 0 Å². The molecule has 2 N–H and O–H groups in total. The van der Waals surface area contributed by atoms with Crippen LogP contribution < -0.4 is 5.73 Å². The van der Waals surface area contributed by atoms with Gasteiger partial charge in [-0.25, -0.2) is 0 Å². The third-order valence-corrected chi connectivity index (χ3v) is 3.83. The minimum atomic E-state index is 0.419. The van der Waals surface area contributed by atoms with E-state index in [1.54, 1.807) is 0 Å². The Balaban J connectivity index is 2.69. The zero-order valence-electron chi connectivity index (χ0n) is 9.69. The maximum absolute atomic E-state index is 6.16. The molecule has 1 aliphatic rings. The molecular formula is C12H25N. The van der Waals surface area contributed by atoms with E-state index in [1.165, 1.54) is 32.1 Å². The van der Waals surface area contributed by atoms with Gasteiger partial charge in [0, 0.05) is 6.04 Å². The van der Waals surface area contributed by atoms with Crippen molar-refractivity contribution in [3.63, 3.8) is 0 Å². The zero-order chi connectivity index (χ0) is 10.1. The van der Waals surface area contributed by atoms with Crippen LogP contribution in [-0.4, -0.2) is 6.04 Å². The van der Waals surface area contributed by atoms with E-state index >= 15 is 0 Å². The van der Waals surface area contributed by atoms with Crippen LogP contribution in [0.3, 0.4) is 0 Å². The minimum Gasteiger partial charge on any atom is -0.328 e. The second-order valence-electron chi connectivity index (χ2n) is 6.00. The zero-order valence-corrected chi connectivity index (χ0v) is 9.69. The predicted molar refractivity (Wildman–Crippen MR) is 58.6 cm³/mol. The molecule has 0 aromatic carbocycles. The van der Waals surface area contributed by atoms with Crippen LogP contribution in [0.5, 0.6) is 0 Å². The van der Waals surface area contributed by atoms with Gasteiger partial charge in [0.25, 0.3) is 0 Å². The summed E-state index contributed by atoms with van der Waals surface area (Å²) in [5.74, 6) is 0. The van der Waals surface area contributed by atoms with Crippen molar-refractivity contribution in [3.05, 3.63) is 0 Å². The summed E-state index contributed by atoms with van der Waals surface area (Å²) in [4.78, 5) is 0. The van der Waals surface area contributed by atoms with Crippen LogP contribution in [0.4, 0.5) is 0 Å². The molecule has 2 unspecified atom stereocenters. The van der Waals surface area contributed by atoms with E-state index in [9.17, 15) is 0 Å². The molecule has 0 spiro atoms. The quantitative estimate of drug-likeness (QED) is 0.620. The third-order valence-electron chi connectivity index (χ3n) is 3.83.